The molecule has 0 aliphatic rings. The number of nitrogens with two attached hydrogens (primary N) is 1. The molecule has 0 bridgehead atoms. The predicted octanol–water partition coefficient (Wildman–Crippen LogP) is 1.66. The van der Waals surface area contributed by atoms with Gasteiger partial charge in [0.25, 0.3) is 0 Å². The van der Waals surface area contributed by atoms with Gasteiger partial charge in [-0.25, -0.2) is 5.11 Å². The van der Waals surface area contributed by atoms with E-state index in [9.17, 15) is 5.11 Å². The van der Waals surface area contributed by atoms with Crippen molar-refractivity contribution in [3.63, 3.8) is 0 Å². The quantitative estimate of drug-likeness (QED) is 0.710. The standard InChI is InChI=1S/C9H14NO2S/c10-7-8(11)3-1-5-12-9-4-2-6-13-9/h2,4,6,8H,1,3,5,7,10H2. The van der Waals surface area contributed by atoms with Gasteiger partial charge in [0.1, 0.15) is 6.10 Å². The zero-order valence-electron chi connectivity index (χ0n) is 7.44. The zero-order chi connectivity index (χ0) is 9.52. The van der Waals surface area contributed by atoms with Crippen molar-refractivity contribution in [1.29, 1.82) is 0 Å². The number of rotatable bonds is 6. The SMILES string of the molecule is NCC([O])CCCOc1cccs1. The number of thiophene rings is 1. The molecule has 1 heterocycles. The molecule has 3 nitrogen and oxygen atoms in total. The second-order valence-corrected chi connectivity index (χ2v) is 3.69. The summed E-state index contributed by atoms with van der Waals surface area (Å²) in [6.07, 6.45) is 0.748. The van der Waals surface area contributed by atoms with Crippen molar-refractivity contribution < 1.29 is 9.84 Å². The minimum atomic E-state index is -0.632. The van der Waals surface area contributed by atoms with E-state index in [1.54, 1.807) is 11.3 Å². The van der Waals surface area contributed by atoms with Crippen LogP contribution in [0, 0.1) is 0 Å². The fourth-order valence-electron chi connectivity index (χ4n) is 0.947. The average molecular weight is 200 g/mol. The van der Waals surface area contributed by atoms with Gasteiger partial charge in [0.05, 0.1) is 6.61 Å². The Morgan fingerprint density at radius 1 is 1.62 bits per heavy atom. The second-order valence-electron chi connectivity index (χ2n) is 2.78. The van der Waals surface area contributed by atoms with Gasteiger partial charge in [-0.05, 0) is 30.4 Å². The van der Waals surface area contributed by atoms with Crippen LogP contribution in [0.15, 0.2) is 17.5 Å². The Labute approximate surface area is 82.1 Å². The molecule has 1 radical (unpaired) electrons. The first-order chi connectivity index (χ1) is 6.33. The molecule has 73 valence electrons. The molecule has 0 amide bonds. The van der Waals surface area contributed by atoms with Crippen molar-refractivity contribution >= 4 is 11.3 Å². The fourth-order valence-corrected chi connectivity index (χ4v) is 1.55. The maximum absolute atomic E-state index is 10.9. The zero-order valence-corrected chi connectivity index (χ0v) is 8.26. The summed E-state index contributed by atoms with van der Waals surface area (Å²) < 4.78 is 5.38. The van der Waals surface area contributed by atoms with E-state index in [1.807, 2.05) is 17.5 Å². The van der Waals surface area contributed by atoms with Crippen LogP contribution in [-0.2, 0) is 5.11 Å². The average Bonchev–Trinajstić information content (AvgIpc) is 2.64. The first-order valence-corrected chi connectivity index (χ1v) is 5.23. The van der Waals surface area contributed by atoms with Crippen LogP contribution in [0.4, 0.5) is 0 Å². The minimum absolute atomic E-state index is 0.221. The van der Waals surface area contributed by atoms with Gasteiger partial charge in [0, 0.05) is 6.54 Å². The van der Waals surface area contributed by atoms with Crippen molar-refractivity contribution in [2.24, 2.45) is 5.73 Å². The lowest BCUT2D eigenvalue weighted by Gasteiger charge is -2.05. The Morgan fingerprint density at radius 3 is 3.08 bits per heavy atom. The molecule has 0 aromatic carbocycles. The van der Waals surface area contributed by atoms with Crippen molar-refractivity contribution in [2.45, 2.75) is 18.9 Å². The molecule has 0 fully saturated rings. The van der Waals surface area contributed by atoms with Crippen LogP contribution in [0.3, 0.4) is 0 Å². The maximum Gasteiger partial charge on any atom is 0.173 e. The molecular formula is C9H14NO2S. The van der Waals surface area contributed by atoms with E-state index in [2.05, 4.69) is 0 Å². The number of hydrogen-bond acceptors (Lipinski definition) is 3. The van der Waals surface area contributed by atoms with Crippen LogP contribution in [0.2, 0.25) is 0 Å². The first kappa shape index (κ1) is 10.5. The lowest BCUT2D eigenvalue weighted by Crippen LogP contribution is -2.18. The van der Waals surface area contributed by atoms with Crippen LogP contribution >= 0.6 is 11.3 Å². The first-order valence-electron chi connectivity index (χ1n) is 4.35. The van der Waals surface area contributed by atoms with Crippen molar-refractivity contribution in [3.8, 4) is 5.06 Å². The molecule has 0 saturated heterocycles. The summed E-state index contributed by atoms with van der Waals surface area (Å²) in [4.78, 5) is 0. The third-order valence-electron chi connectivity index (χ3n) is 1.67. The molecule has 0 spiro atoms. The lowest BCUT2D eigenvalue weighted by molar-refractivity contribution is 0.0826. The van der Waals surface area contributed by atoms with E-state index in [4.69, 9.17) is 10.5 Å². The van der Waals surface area contributed by atoms with Gasteiger partial charge >= 0.3 is 0 Å². The summed E-state index contributed by atoms with van der Waals surface area (Å²) in [7, 11) is 0. The number of ether oxygens (including phenoxy) is 1. The van der Waals surface area contributed by atoms with Crippen LogP contribution in [0.25, 0.3) is 0 Å². The number of hydrogen-bond donors (Lipinski definition) is 1. The van der Waals surface area contributed by atoms with E-state index in [1.165, 1.54) is 0 Å². The molecule has 0 saturated carbocycles. The largest absolute Gasteiger partial charge is 0.484 e. The van der Waals surface area contributed by atoms with Gasteiger partial charge in [-0.2, -0.15) is 0 Å². The molecule has 1 unspecified atom stereocenters. The minimum Gasteiger partial charge on any atom is -0.484 e. The molecule has 0 aliphatic carbocycles. The lowest BCUT2D eigenvalue weighted by atomic mass is 10.2. The molecule has 1 aromatic rings. The van der Waals surface area contributed by atoms with Gasteiger partial charge < -0.3 is 10.5 Å². The third kappa shape index (κ3) is 4.26. The van der Waals surface area contributed by atoms with Crippen molar-refractivity contribution in [3.05, 3.63) is 17.5 Å². The molecule has 0 aliphatic heterocycles. The molecule has 1 atom stereocenters. The van der Waals surface area contributed by atoms with Crippen LogP contribution < -0.4 is 10.5 Å². The van der Waals surface area contributed by atoms with Crippen LogP contribution in [-0.4, -0.2) is 19.3 Å². The van der Waals surface area contributed by atoms with Crippen LogP contribution in [0.5, 0.6) is 5.06 Å². The summed E-state index contributed by atoms with van der Waals surface area (Å²) >= 11 is 1.56. The molecule has 4 heteroatoms. The Morgan fingerprint density at radius 2 is 2.46 bits per heavy atom. The van der Waals surface area contributed by atoms with E-state index in [0.29, 0.717) is 13.0 Å². The van der Waals surface area contributed by atoms with E-state index in [0.717, 1.165) is 11.5 Å². The Balaban J connectivity index is 2.02. The van der Waals surface area contributed by atoms with Gasteiger partial charge in [0.2, 0.25) is 0 Å². The maximum atomic E-state index is 10.9. The van der Waals surface area contributed by atoms with Crippen molar-refractivity contribution in [1.82, 2.24) is 0 Å². The van der Waals surface area contributed by atoms with E-state index in [-0.39, 0.29) is 6.54 Å². The normalized spacial score (nSPS) is 12.8. The fraction of sp³-hybridized carbons (Fsp3) is 0.556. The summed E-state index contributed by atoms with van der Waals surface area (Å²) in [6, 6.07) is 3.86. The van der Waals surface area contributed by atoms with Gasteiger partial charge in [-0.3, -0.25) is 0 Å². The summed E-state index contributed by atoms with van der Waals surface area (Å²) in [6.45, 7) is 0.832. The van der Waals surface area contributed by atoms with Gasteiger partial charge in [-0.1, -0.05) is 0 Å². The monoisotopic (exact) mass is 200 g/mol. The van der Waals surface area contributed by atoms with Crippen molar-refractivity contribution in [2.75, 3.05) is 13.2 Å². The Hall–Kier alpha value is -0.580. The molecule has 1 aromatic heterocycles. The molecule has 13 heavy (non-hydrogen) atoms. The van der Waals surface area contributed by atoms with E-state index < -0.39 is 6.10 Å². The highest BCUT2D eigenvalue weighted by Crippen LogP contribution is 2.18. The van der Waals surface area contributed by atoms with Gasteiger partial charge in [0.15, 0.2) is 5.06 Å². The highest BCUT2D eigenvalue weighted by Gasteiger charge is 2.02. The Bertz CT molecular complexity index is 213. The third-order valence-corrected chi connectivity index (χ3v) is 2.45. The second kappa shape index (κ2) is 5.96. The summed E-state index contributed by atoms with van der Waals surface area (Å²) in [5, 5.41) is 13.8. The topological polar surface area (TPSA) is 55.2 Å². The van der Waals surface area contributed by atoms with Crippen LogP contribution in [0.1, 0.15) is 12.8 Å². The van der Waals surface area contributed by atoms with E-state index >= 15 is 0 Å². The summed E-state index contributed by atoms with van der Waals surface area (Å²) in [5.74, 6) is 0. The van der Waals surface area contributed by atoms with Gasteiger partial charge in [-0.15, -0.1) is 11.3 Å². The molecule has 2 N–H and O–H groups in total. The highest BCUT2D eigenvalue weighted by molar-refractivity contribution is 7.11. The summed E-state index contributed by atoms with van der Waals surface area (Å²) in [5.41, 5.74) is 5.20. The smallest absolute Gasteiger partial charge is 0.173 e. The molecule has 1 rings (SSSR count). The predicted molar refractivity (Wildman–Crippen MR) is 52.6 cm³/mol. The highest BCUT2D eigenvalue weighted by atomic mass is 32.1. The molecular weight excluding hydrogens is 186 g/mol. The Kier molecular flexibility index (Phi) is 4.82.